The molecule has 2 N–H and O–H groups in total. The molecule has 0 unspecified atom stereocenters. The van der Waals surface area contributed by atoms with Gasteiger partial charge in [-0.05, 0) is 73.5 Å². The molecule has 0 aliphatic heterocycles. The van der Waals surface area contributed by atoms with Gasteiger partial charge in [0, 0.05) is 11.6 Å². The number of amides is 2. The van der Waals surface area contributed by atoms with Gasteiger partial charge in [0.05, 0.1) is 21.5 Å². The van der Waals surface area contributed by atoms with E-state index >= 15 is 0 Å². The van der Waals surface area contributed by atoms with E-state index in [0.717, 1.165) is 12.8 Å². The normalized spacial score (nSPS) is 12.7. The van der Waals surface area contributed by atoms with E-state index in [2.05, 4.69) is 16.7 Å². The summed E-state index contributed by atoms with van der Waals surface area (Å²) >= 11 is 1.25. The Morgan fingerprint density at radius 1 is 0.931 bits per heavy atom. The lowest BCUT2D eigenvalue weighted by atomic mass is 10.2. The summed E-state index contributed by atoms with van der Waals surface area (Å²) in [6.45, 7) is 0. The third-order valence-electron chi connectivity index (χ3n) is 4.36. The SMILES string of the molecule is N#Cc1ccc(Oc2ccc(NC(=O)c3ccc(NC(=O)C4CC4)s3)cc2)cc1. The Labute approximate surface area is 171 Å². The fourth-order valence-electron chi connectivity index (χ4n) is 2.63. The van der Waals surface area contributed by atoms with E-state index in [4.69, 9.17) is 10.00 Å². The van der Waals surface area contributed by atoms with Crippen molar-refractivity contribution in [1.29, 1.82) is 5.26 Å². The minimum atomic E-state index is -0.234. The lowest BCUT2D eigenvalue weighted by Crippen LogP contribution is -2.12. The largest absolute Gasteiger partial charge is 0.457 e. The van der Waals surface area contributed by atoms with E-state index in [0.29, 0.717) is 32.6 Å². The number of carbonyl (C=O) groups is 2. The van der Waals surface area contributed by atoms with Gasteiger partial charge in [-0.15, -0.1) is 11.3 Å². The maximum Gasteiger partial charge on any atom is 0.265 e. The first-order valence-electron chi connectivity index (χ1n) is 9.11. The lowest BCUT2D eigenvalue weighted by molar-refractivity contribution is -0.117. The fourth-order valence-corrected chi connectivity index (χ4v) is 3.43. The molecular formula is C22H17N3O3S. The summed E-state index contributed by atoms with van der Waals surface area (Å²) in [5.41, 5.74) is 1.21. The molecule has 1 aliphatic carbocycles. The van der Waals surface area contributed by atoms with Gasteiger partial charge in [0.2, 0.25) is 5.91 Å². The summed E-state index contributed by atoms with van der Waals surface area (Å²) in [5, 5.41) is 15.2. The molecule has 1 saturated carbocycles. The Hall–Kier alpha value is -3.63. The second-order valence-corrected chi connectivity index (χ2v) is 7.73. The number of benzene rings is 2. The number of nitriles is 1. The molecular weight excluding hydrogens is 386 g/mol. The summed E-state index contributed by atoms with van der Waals surface area (Å²) in [4.78, 5) is 24.8. The van der Waals surface area contributed by atoms with Crippen LogP contribution < -0.4 is 15.4 Å². The monoisotopic (exact) mass is 403 g/mol. The van der Waals surface area contributed by atoms with Crippen molar-refractivity contribution in [1.82, 2.24) is 0 Å². The van der Waals surface area contributed by atoms with Crippen molar-refractivity contribution in [2.24, 2.45) is 5.92 Å². The zero-order chi connectivity index (χ0) is 20.2. The molecule has 7 heteroatoms. The third kappa shape index (κ3) is 4.81. The first-order valence-corrected chi connectivity index (χ1v) is 9.92. The van der Waals surface area contributed by atoms with Crippen molar-refractivity contribution in [3.8, 4) is 17.6 Å². The van der Waals surface area contributed by atoms with Crippen LogP contribution in [0.4, 0.5) is 10.7 Å². The van der Waals surface area contributed by atoms with Crippen LogP contribution in [-0.4, -0.2) is 11.8 Å². The van der Waals surface area contributed by atoms with Crippen LogP contribution in [0.3, 0.4) is 0 Å². The van der Waals surface area contributed by atoms with E-state index in [9.17, 15) is 9.59 Å². The molecule has 1 aliphatic rings. The topological polar surface area (TPSA) is 91.2 Å². The number of thiophene rings is 1. The summed E-state index contributed by atoms with van der Waals surface area (Å²) < 4.78 is 5.73. The molecule has 144 valence electrons. The summed E-state index contributed by atoms with van der Waals surface area (Å²) in [6.07, 6.45) is 1.88. The maximum atomic E-state index is 12.4. The Balaban J connectivity index is 1.34. The highest BCUT2D eigenvalue weighted by atomic mass is 32.1. The molecule has 3 aromatic rings. The predicted octanol–water partition coefficient (Wildman–Crippen LogP) is 5.01. The summed E-state index contributed by atoms with van der Waals surface area (Å²) in [6, 6.07) is 19.3. The molecule has 2 aromatic carbocycles. The second-order valence-electron chi connectivity index (χ2n) is 6.64. The fraction of sp³-hybridized carbons (Fsp3) is 0.136. The van der Waals surface area contributed by atoms with E-state index in [-0.39, 0.29) is 17.7 Å². The molecule has 2 amide bonds. The molecule has 1 aromatic heterocycles. The number of nitrogens with zero attached hydrogens (tertiary/aromatic N) is 1. The average molecular weight is 403 g/mol. The van der Waals surface area contributed by atoms with Crippen LogP contribution in [0.2, 0.25) is 0 Å². The maximum absolute atomic E-state index is 12.4. The Morgan fingerprint density at radius 2 is 1.59 bits per heavy atom. The highest BCUT2D eigenvalue weighted by Gasteiger charge is 2.29. The quantitative estimate of drug-likeness (QED) is 0.605. The number of rotatable bonds is 6. The van der Waals surface area contributed by atoms with Crippen LogP contribution in [0.25, 0.3) is 0 Å². The van der Waals surface area contributed by atoms with E-state index in [1.54, 1.807) is 60.7 Å². The Bertz CT molecular complexity index is 1080. The third-order valence-corrected chi connectivity index (χ3v) is 5.36. The standard InChI is InChI=1S/C22H17N3O3S/c23-13-14-1-7-17(8-2-14)28-18-9-5-16(6-10-18)24-22(27)19-11-12-20(29-19)25-21(26)15-3-4-15/h1-2,5-12,15H,3-4H2,(H,24,27)(H,25,26). The van der Waals surface area contributed by atoms with Gasteiger partial charge in [-0.25, -0.2) is 0 Å². The van der Waals surface area contributed by atoms with Crippen LogP contribution in [0.5, 0.6) is 11.5 Å². The molecule has 1 fully saturated rings. The molecule has 0 saturated heterocycles. The first-order chi connectivity index (χ1) is 14.1. The lowest BCUT2D eigenvalue weighted by Gasteiger charge is -2.08. The van der Waals surface area contributed by atoms with Crippen molar-refractivity contribution < 1.29 is 14.3 Å². The first kappa shape index (κ1) is 18.7. The van der Waals surface area contributed by atoms with Crippen molar-refractivity contribution in [3.63, 3.8) is 0 Å². The van der Waals surface area contributed by atoms with Crippen molar-refractivity contribution in [3.05, 3.63) is 71.1 Å². The van der Waals surface area contributed by atoms with Gasteiger partial charge < -0.3 is 15.4 Å². The number of anilines is 2. The number of ether oxygens (including phenoxy) is 1. The van der Waals surface area contributed by atoms with Crippen LogP contribution in [0.1, 0.15) is 28.1 Å². The number of hydrogen-bond acceptors (Lipinski definition) is 5. The van der Waals surface area contributed by atoms with Crippen LogP contribution >= 0.6 is 11.3 Å². The highest BCUT2D eigenvalue weighted by Crippen LogP contribution is 2.32. The minimum absolute atomic E-state index is 0.0247. The Morgan fingerprint density at radius 3 is 2.21 bits per heavy atom. The zero-order valence-corrected chi connectivity index (χ0v) is 16.2. The molecule has 0 radical (unpaired) electrons. The number of hydrogen-bond donors (Lipinski definition) is 2. The van der Waals surface area contributed by atoms with E-state index in [1.165, 1.54) is 11.3 Å². The highest BCUT2D eigenvalue weighted by molar-refractivity contribution is 7.18. The van der Waals surface area contributed by atoms with Gasteiger partial charge >= 0.3 is 0 Å². The second kappa shape index (κ2) is 8.17. The van der Waals surface area contributed by atoms with Gasteiger partial charge in [0.1, 0.15) is 11.5 Å². The molecule has 4 rings (SSSR count). The molecule has 0 spiro atoms. The predicted molar refractivity (Wildman–Crippen MR) is 111 cm³/mol. The number of carbonyl (C=O) groups excluding carboxylic acids is 2. The average Bonchev–Trinajstić information content (AvgIpc) is 3.49. The van der Waals surface area contributed by atoms with Gasteiger partial charge in [0.25, 0.3) is 5.91 Å². The molecule has 29 heavy (non-hydrogen) atoms. The van der Waals surface area contributed by atoms with Gasteiger partial charge in [-0.2, -0.15) is 5.26 Å². The van der Waals surface area contributed by atoms with Gasteiger partial charge in [0.15, 0.2) is 0 Å². The zero-order valence-electron chi connectivity index (χ0n) is 15.3. The molecule has 1 heterocycles. The van der Waals surface area contributed by atoms with Crippen molar-refractivity contribution in [2.75, 3.05) is 10.6 Å². The van der Waals surface area contributed by atoms with Gasteiger partial charge in [-0.3, -0.25) is 9.59 Å². The van der Waals surface area contributed by atoms with Gasteiger partial charge in [-0.1, -0.05) is 0 Å². The van der Waals surface area contributed by atoms with Crippen LogP contribution in [0, 0.1) is 17.2 Å². The van der Waals surface area contributed by atoms with E-state index in [1.807, 2.05) is 0 Å². The van der Waals surface area contributed by atoms with Crippen LogP contribution in [0.15, 0.2) is 60.7 Å². The Kier molecular flexibility index (Phi) is 5.27. The molecule has 6 nitrogen and oxygen atoms in total. The number of nitrogens with one attached hydrogen (secondary N) is 2. The minimum Gasteiger partial charge on any atom is -0.457 e. The molecule has 0 atom stereocenters. The smallest absolute Gasteiger partial charge is 0.265 e. The summed E-state index contributed by atoms with van der Waals surface area (Å²) in [7, 11) is 0. The summed E-state index contributed by atoms with van der Waals surface area (Å²) in [5.74, 6) is 1.16. The van der Waals surface area contributed by atoms with E-state index < -0.39 is 0 Å². The van der Waals surface area contributed by atoms with Crippen molar-refractivity contribution in [2.45, 2.75) is 12.8 Å². The van der Waals surface area contributed by atoms with Crippen molar-refractivity contribution >= 4 is 33.8 Å². The van der Waals surface area contributed by atoms with Crippen LogP contribution in [-0.2, 0) is 4.79 Å². The molecule has 0 bridgehead atoms.